The first-order valence-corrected chi connectivity index (χ1v) is 5.49. The third-order valence-electron chi connectivity index (χ3n) is 3.35. The smallest absolute Gasteiger partial charge is 0.0653 e. The Morgan fingerprint density at radius 2 is 2.25 bits per heavy atom. The molecule has 1 saturated heterocycles. The molecule has 2 N–H and O–H groups in total. The molecule has 3 nitrogen and oxygen atoms in total. The third-order valence-corrected chi connectivity index (χ3v) is 3.35. The number of H-pyrrole nitrogens is 1. The molecule has 1 unspecified atom stereocenters. The fraction of sp³-hybridized carbons (Fsp3) is 0.417. The molecular weight excluding hydrogens is 222 g/mol. The Kier molecular flexibility index (Phi) is 3.17. The van der Waals surface area contributed by atoms with E-state index in [0.717, 1.165) is 18.6 Å². The maximum Gasteiger partial charge on any atom is 0.0653 e. The van der Waals surface area contributed by atoms with Crippen molar-refractivity contribution in [3.63, 3.8) is 0 Å². The standard InChI is InChI=1S/C12H15N3.ClH/c1-8-2-3-11-10(7-14-15-11)12(8)9-4-5-13-6-9;/h2-3,7,9,13H,4-6H2,1H3,(H,14,15);1H. The van der Waals surface area contributed by atoms with Crippen molar-refractivity contribution in [3.05, 3.63) is 29.5 Å². The summed E-state index contributed by atoms with van der Waals surface area (Å²) in [6, 6.07) is 4.30. The van der Waals surface area contributed by atoms with E-state index >= 15 is 0 Å². The van der Waals surface area contributed by atoms with Gasteiger partial charge in [-0.2, -0.15) is 5.10 Å². The number of halogens is 1. The molecule has 0 bridgehead atoms. The van der Waals surface area contributed by atoms with Crippen molar-refractivity contribution in [2.45, 2.75) is 19.3 Å². The van der Waals surface area contributed by atoms with E-state index in [0.29, 0.717) is 5.92 Å². The maximum atomic E-state index is 4.13. The first kappa shape index (κ1) is 11.4. The van der Waals surface area contributed by atoms with Crippen LogP contribution in [0.3, 0.4) is 0 Å². The molecule has 1 fully saturated rings. The van der Waals surface area contributed by atoms with Gasteiger partial charge in [0.25, 0.3) is 0 Å². The number of aromatic amines is 1. The van der Waals surface area contributed by atoms with E-state index in [2.05, 4.69) is 34.6 Å². The van der Waals surface area contributed by atoms with Gasteiger partial charge in [0.2, 0.25) is 0 Å². The summed E-state index contributed by atoms with van der Waals surface area (Å²) in [5, 5.41) is 11.9. The lowest BCUT2D eigenvalue weighted by atomic mass is 9.91. The molecule has 4 heteroatoms. The minimum Gasteiger partial charge on any atom is -0.316 e. The van der Waals surface area contributed by atoms with E-state index in [1.54, 1.807) is 0 Å². The van der Waals surface area contributed by atoms with Gasteiger partial charge in [-0.3, -0.25) is 5.10 Å². The molecule has 0 spiro atoms. The highest BCUT2D eigenvalue weighted by atomic mass is 35.5. The van der Waals surface area contributed by atoms with Gasteiger partial charge in [-0.15, -0.1) is 12.4 Å². The molecule has 1 aromatic carbocycles. The molecule has 3 rings (SSSR count). The van der Waals surface area contributed by atoms with Crippen molar-refractivity contribution in [3.8, 4) is 0 Å². The van der Waals surface area contributed by atoms with Gasteiger partial charge in [0.15, 0.2) is 0 Å². The Bertz CT molecular complexity index is 486. The number of nitrogens with zero attached hydrogens (tertiary/aromatic N) is 1. The minimum atomic E-state index is 0. The van der Waals surface area contributed by atoms with Gasteiger partial charge in [0.1, 0.15) is 0 Å². The Hall–Kier alpha value is -1.06. The van der Waals surface area contributed by atoms with E-state index in [1.807, 2.05) is 6.20 Å². The number of fused-ring (bicyclic) bond motifs is 1. The summed E-state index contributed by atoms with van der Waals surface area (Å²) < 4.78 is 0. The predicted molar refractivity (Wildman–Crippen MR) is 68.3 cm³/mol. The largest absolute Gasteiger partial charge is 0.316 e. The highest BCUT2D eigenvalue weighted by Crippen LogP contribution is 2.31. The molecular formula is C12H16ClN3. The van der Waals surface area contributed by atoms with Crippen LogP contribution in [-0.2, 0) is 0 Å². The second-order valence-corrected chi connectivity index (χ2v) is 4.32. The first-order valence-electron chi connectivity index (χ1n) is 5.49. The van der Waals surface area contributed by atoms with Gasteiger partial charge in [-0.25, -0.2) is 0 Å². The highest BCUT2D eigenvalue weighted by Gasteiger charge is 2.20. The van der Waals surface area contributed by atoms with Gasteiger partial charge in [-0.1, -0.05) is 6.07 Å². The van der Waals surface area contributed by atoms with Crippen molar-refractivity contribution < 1.29 is 0 Å². The van der Waals surface area contributed by atoms with Gasteiger partial charge in [0.05, 0.1) is 11.7 Å². The number of hydrogen-bond donors (Lipinski definition) is 2. The molecule has 0 radical (unpaired) electrons. The molecule has 0 amide bonds. The summed E-state index contributed by atoms with van der Waals surface area (Å²) in [7, 11) is 0. The van der Waals surface area contributed by atoms with Crippen LogP contribution in [0.4, 0.5) is 0 Å². The number of benzene rings is 1. The van der Waals surface area contributed by atoms with E-state index in [9.17, 15) is 0 Å². The first-order chi connectivity index (χ1) is 7.36. The fourth-order valence-corrected chi connectivity index (χ4v) is 2.59. The van der Waals surface area contributed by atoms with Crippen LogP contribution in [0, 0.1) is 6.92 Å². The van der Waals surface area contributed by atoms with Crippen LogP contribution >= 0.6 is 12.4 Å². The zero-order chi connectivity index (χ0) is 10.3. The minimum absolute atomic E-state index is 0. The molecule has 0 aliphatic carbocycles. The summed E-state index contributed by atoms with van der Waals surface area (Å²) in [6.07, 6.45) is 3.20. The third kappa shape index (κ3) is 1.70. The molecule has 0 saturated carbocycles. The Balaban J connectivity index is 0.000000963. The highest BCUT2D eigenvalue weighted by molar-refractivity contribution is 5.85. The SMILES string of the molecule is Cc1ccc2[nH]ncc2c1C1CCNC1.Cl. The van der Waals surface area contributed by atoms with Crippen molar-refractivity contribution >= 4 is 23.3 Å². The predicted octanol–water partition coefficient (Wildman–Crippen LogP) is 2.37. The summed E-state index contributed by atoms with van der Waals surface area (Å²) in [5.74, 6) is 0.659. The Morgan fingerprint density at radius 3 is 3.00 bits per heavy atom. The average molecular weight is 238 g/mol. The molecule has 1 aliphatic heterocycles. The van der Waals surface area contributed by atoms with E-state index < -0.39 is 0 Å². The quantitative estimate of drug-likeness (QED) is 0.800. The summed E-state index contributed by atoms with van der Waals surface area (Å²) in [6.45, 7) is 4.43. The van der Waals surface area contributed by atoms with Crippen LogP contribution in [0.15, 0.2) is 18.3 Å². The molecule has 1 aromatic heterocycles. The second-order valence-electron chi connectivity index (χ2n) is 4.32. The van der Waals surface area contributed by atoms with Crippen molar-refractivity contribution in [2.75, 3.05) is 13.1 Å². The molecule has 16 heavy (non-hydrogen) atoms. The van der Waals surface area contributed by atoms with Crippen molar-refractivity contribution in [1.29, 1.82) is 0 Å². The molecule has 1 atom stereocenters. The summed E-state index contributed by atoms with van der Waals surface area (Å²) in [4.78, 5) is 0. The number of aromatic nitrogens is 2. The number of hydrogen-bond acceptors (Lipinski definition) is 2. The molecule has 2 aromatic rings. The molecule has 2 heterocycles. The number of aryl methyl sites for hydroxylation is 1. The zero-order valence-corrected chi connectivity index (χ0v) is 10.1. The van der Waals surface area contributed by atoms with E-state index in [1.165, 1.54) is 22.9 Å². The lowest BCUT2D eigenvalue weighted by Gasteiger charge is -2.13. The van der Waals surface area contributed by atoms with Gasteiger partial charge in [0, 0.05) is 11.9 Å². The topological polar surface area (TPSA) is 40.7 Å². The van der Waals surface area contributed by atoms with Gasteiger partial charge < -0.3 is 5.32 Å². The monoisotopic (exact) mass is 237 g/mol. The lowest BCUT2D eigenvalue weighted by Crippen LogP contribution is -2.08. The summed E-state index contributed by atoms with van der Waals surface area (Å²) in [5.41, 5.74) is 4.02. The average Bonchev–Trinajstić information content (AvgIpc) is 2.85. The van der Waals surface area contributed by atoms with Gasteiger partial charge in [-0.05, 0) is 43.0 Å². The normalized spacial score (nSPS) is 19.9. The zero-order valence-electron chi connectivity index (χ0n) is 9.29. The maximum absolute atomic E-state index is 4.13. The van der Waals surface area contributed by atoms with Crippen LogP contribution in [0.1, 0.15) is 23.5 Å². The van der Waals surface area contributed by atoms with Crippen molar-refractivity contribution in [2.24, 2.45) is 0 Å². The second kappa shape index (κ2) is 4.44. The van der Waals surface area contributed by atoms with Crippen LogP contribution in [0.25, 0.3) is 10.9 Å². The fourth-order valence-electron chi connectivity index (χ4n) is 2.59. The molecule has 1 aliphatic rings. The summed E-state index contributed by atoms with van der Waals surface area (Å²) >= 11 is 0. The van der Waals surface area contributed by atoms with E-state index in [-0.39, 0.29) is 12.4 Å². The van der Waals surface area contributed by atoms with Crippen molar-refractivity contribution in [1.82, 2.24) is 15.5 Å². The van der Waals surface area contributed by atoms with Crippen LogP contribution in [-0.4, -0.2) is 23.3 Å². The van der Waals surface area contributed by atoms with Crippen LogP contribution < -0.4 is 5.32 Å². The van der Waals surface area contributed by atoms with Crippen LogP contribution in [0.2, 0.25) is 0 Å². The number of nitrogens with one attached hydrogen (secondary N) is 2. The molecule has 86 valence electrons. The lowest BCUT2D eigenvalue weighted by molar-refractivity contribution is 0.764. The number of rotatable bonds is 1. The van der Waals surface area contributed by atoms with Gasteiger partial charge >= 0.3 is 0 Å². The van der Waals surface area contributed by atoms with E-state index in [4.69, 9.17) is 0 Å². The Morgan fingerprint density at radius 1 is 1.38 bits per heavy atom. The van der Waals surface area contributed by atoms with Crippen LogP contribution in [0.5, 0.6) is 0 Å². The Labute approximate surface area is 101 Å².